The number of carbonyl (C=O) groups excluding carboxylic acids is 1. The molecule has 1 aliphatic carbocycles. The highest BCUT2D eigenvalue weighted by atomic mass is 16.2. The molecule has 0 aliphatic heterocycles. The van der Waals surface area contributed by atoms with E-state index < -0.39 is 0 Å². The van der Waals surface area contributed by atoms with Crippen molar-refractivity contribution in [3.05, 3.63) is 35.4 Å². The number of nitrogens with two attached hydrogens (primary N) is 1. The Morgan fingerprint density at radius 2 is 2.11 bits per heavy atom. The lowest BCUT2D eigenvalue weighted by molar-refractivity contribution is 0.0741. The van der Waals surface area contributed by atoms with Crippen LogP contribution in [0.4, 0.5) is 0 Å². The van der Waals surface area contributed by atoms with Gasteiger partial charge in [0.25, 0.3) is 5.91 Å². The summed E-state index contributed by atoms with van der Waals surface area (Å²) in [7, 11) is 0. The first kappa shape index (κ1) is 13.1. The highest BCUT2D eigenvalue weighted by Gasteiger charge is 2.32. The van der Waals surface area contributed by atoms with Crippen LogP contribution in [0.5, 0.6) is 0 Å². The number of hydrogen-bond donors (Lipinski definition) is 1. The third-order valence-corrected chi connectivity index (χ3v) is 3.48. The van der Waals surface area contributed by atoms with Gasteiger partial charge < -0.3 is 10.6 Å². The van der Waals surface area contributed by atoms with Gasteiger partial charge in [-0.15, -0.1) is 0 Å². The molecule has 0 atom stereocenters. The maximum atomic E-state index is 12.6. The average Bonchev–Trinajstić information content (AvgIpc) is 3.23. The second-order valence-corrected chi connectivity index (χ2v) is 4.88. The summed E-state index contributed by atoms with van der Waals surface area (Å²) in [6, 6.07) is 8.38. The predicted molar refractivity (Wildman–Crippen MR) is 73.5 cm³/mol. The first-order valence-electron chi connectivity index (χ1n) is 6.86. The third kappa shape index (κ3) is 2.91. The molecule has 1 saturated carbocycles. The van der Waals surface area contributed by atoms with E-state index >= 15 is 0 Å². The van der Waals surface area contributed by atoms with Crippen molar-refractivity contribution in [3.8, 4) is 0 Å². The fraction of sp³-hybridized carbons (Fsp3) is 0.533. The Morgan fingerprint density at radius 1 is 1.39 bits per heavy atom. The van der Waals surface area contributed by atoms with Gasteiger partial charge in [-0.2, -0.15) is 0 Å². The molecule has 2 N–H and O–H groups in total. The van der Waals surface area contributed by atoms with Crippen LogP contribution in [0.1, 0.15) is 42.1 Å². The van der Waals surface area contributed by atoms with Crippen LogP contribution in [-0.2, 0) is 6.42 Å². The van der Waals surface area contributed by atoms with Gasteiger partial charge in [0, 0.05) is 18.2 Å². The summed E-state index contributed by atoms with van der Waals surface area (Å²) in [4.78, 5) is 14.6. The van der Waals surface area contributed by atoms with Gasteiger partial charge in [-0.1, -0.05) is 25.1 Å². The molecule has 0 radical (unpaired) electrons. The zero-order valence-electron chi connectivity index (χ0n) is 11.1. The molecule has 0 saturated heterocycles. The smallest absolute Gasteiger partial charge is 0.254 e. The molecular weight excluding hydrogens is 224 g/mol. The summed E-state index contributed by atoms with van der Waals surface area (Å²) in [6.07, 6.45) is 4.07. The van der Waals surface area contributed by atoms with Crippen LogP contribution in [0.25, 0.3) is 0 Å². The largest absolute Gasteiger partial charge is 0.336 e. The first-order chi connectivity index (χ1) is 8.77. The zero-order valence-corrected chi connectivity index (χ0v) is 11.1. The van der Waals surface area contributed by atoms with Gasteiger partial charge in [-0.25, -0.2) is 0 Å². The summed E-state index contributed by atoms with van der Waals surface area (Å²) in [5, 5.41) is 0. The molecule has 2 rings (SSSR count). The third-order valence-electron chi connectivity index (χ3n) is 3.48. The van der Waals surface area contributed by atoms with Gasteiger partial charge in [-0.3, -0.25) is 4.79 Å². The number of nitrogens with zero attached hydrogens (tertiary/aromatic N) is 1. The Hall–Kier alpha value is -1.35. The number of aryl methyl sites for hydroxylation is 1. The van der Waals surface area contributed by atoms with Crippen molar-refractivity contribution in [2.45, 2.75) is 38.6 Å². The molecule has 1 aliphatic rings. The number of benzene rings is 1. The molecule has 0 unspecified atom stereocenters. The fourth-order valence-corrected chi connectivity index (χ4v) is 2.29. The SMILES string of the molecule is CCc1ccccc1C(=O)N(CCCN)C1CC1. The van der Waals surface area contributed by atoms with Crippen LogP contribution in [0.2, 0.25) is 0 Å². The minimum Gasteiger partial charge on any atom is -0.336 e. The number of carbonyl (C=O) groups is 1. The molecule has 0 aromatic heterocycles. The zero-order chi connectivity index (χ0) is 13.0. The normalized spacial score (nSPS) is 14.6. The van der Waals surface area contributed by atoms with E-state index in [-0.39, 0.29) is 5.91 Å². The number of rotatable bonds is 6. The van der Waals surface area contributed by atoms with Crippen molar-refractivity contribution in [1.82, 2.24) is 4.90 Å². The van der Waals surface area contributed by atoms with Crippen LogP contribution < -0.4 is 5.73 Å². The molecule has 3 nitrogen and oxygen atoms in total. The molecule has 3 heteroatoms. The molecule has 1 aromatic rings. The monoisotopic (exact) mass is 246 g/mol. The Balaban J connectivity index is 2.16. The maximum absolute atomic E-state index is 12.6. The summed E-state index contributed by atoms with van der Waals surface area (Å²) in [5.74, 6) is 0.184. The topological polar surface area (TPSA) is 46.3 Å². The highest BCUT2D eigenvalue weighted by molar-refractivity contribution is 5.96. The van der Waals surface area contributed by atoms with Crippen LogP contribution in [-0.4, -0.2) is 29.9 Å². The van der Waals surface area contributed by atoms with Gasteiger partial charge in [0.1, 0.15) is 0 Å². The minimum absolute atomic E-state index is 0.184. The van der Waals surface area contributed by atoms with E-state index in [1.54, 1.807) is 0 Å². The summed E-state index contributed by atoms with van der Waals surface area (Å²) >= 11 is 0. The van der Waals surface area contributed by atoms with Crippen LogP contribution in [0.15, 0.2) is 24.3 Å². The Labute approximate surface area is 109 Å². The van der Waals surface area contributed by atoms with Crippen LogP contribution in [0.3, 0.4) is 0 Å². The predicted octanol–water partition coefficient (Wildman–Crippen LogP) is 2.20. The van der Waals surface area contributed by atoms with E-state index in [1.165, 1.54) is 0 Å². The van der Waals surface area contributed by atoms with Crippen molar-refractivity contribution in [3.63, 3.8) is 0 Å². The molecule has 1 fully saturated rings. The maximum Gasteiger partial charge on any atom is 0.254 e. The fourth-order valence-electron chi connectivity index (χ4n) is 2.29. The van der Waals surface area contributed by atoms with Crippen molar-refractivity contribution in [2.24, 2.45) is 5.73 Å². The second-order valence-electron chi connectivity index (χ2n) is 4.88. The van der Waals surface area contributed by atoms with Gasteiger partial charge >= 0.3 is 0 Å². The van der Waals surface area contributed by atoms with E-state index in [9.17, 15) is 4.79 Å². The lowest BCUT2D eigenvalue weighted by Crippen LogP contribution is -2.35. The van der Waals surface area contributed by atoms with E-state index in [1.807, 2.05) is 29.2 Å². The molecule has 98 valence electrons. The Kier molecular flexibility index (Phi) is 4.37. The summed E-state index contributed by atoms with van der Waals surface area (Å²) < 4.78 is 0. The van der Waals surface area contributed by atoms with Crippen molar-refractivity contribution < 1.29 is 4.79 Å². The summed E-state index contributed by atoms with van der Waals surface area (Å²) in [5.41, 5.74) is 7.56. The molecule has 18 heavy (non-hydrogen) atoms. The van der Waals surface area contributed by atoms with Gasteiger partial charge in [0.15, 0.2) is 0 Å². The molecule has 0 bridgehead atoms. The Bertz CT molecular complexity index is 413. The average molecular weight is 246 g/mol. The van der Waals surface area contributed by atoms with Gasteiger partial charge in [-0.05, 0) is 43.9 Å². The second kappa shape index (κ2) is 6.01. The Morgan fingerprint density at radius 3 is 2.72 bits per heavy atom. The molecule has 0 heterocycles. The van der Waals surface area contributed by atoms with Crippen molar-refractivity contribution >= 4 is 5.91 Å². The standard InChI is InChI=1S/C15H22N2O/c1-2-12-6-3-4-7-14(12)15(18)17(11-5-10-16)13-8-9-13/h3-4,6-7,13H,2,5,8-11,16H2,1H3. The van der Waals surface area contributed by atoms with Crippen molar-refractivity contribution in [2.75, 3.05) is 13.1 Å². The molecular formula is C15H22N2O. The van der Waals surface area contributed by atoms with Gasteiger partial charge in [0.2, 0.25) is 0 Å². The molecule has 0 spiro atoms. The number of amides is 1. The lowest BCUT2D eigenvalue weighted by atomic mass is 10.0. The van der Waals surface area contributed by atoms with Crippen LogP contribution in [0, 0.1) is 0 Å². The van der Waals surface area contributed by atoms with Crippen LogP contribution >= 0.6 is 0 Å². The molecule has 1 amide bonds. The first-order valence-corrected chi connectivity index (χ1v) is 6.86. The lowest BCUT2D eigenvalue weighted by Gasteiger charge is -2.23. The van der Waals surface area contributed by atoms with E-state index in [0.29, 0.717) is 12.6 Å². The van der Waals surface area contributed by atoms with E-state index in [0.717, 1.165) is 43.4 Å². The molecule has 1 aromatic carbocycles. The van der Waals surface area contributed by atoms with E-state index in [2.05, 4.69) is 6.92 Å². The highest BCUT2D eigenvalue weighted by Crippen LogP contribution is 2.29. The number of hydrogen-bond acceptors (Lipinski definition) is 2. The van der Waals surface area contributed by atoms with Gasteiger partial charge in [0.05, 0.1) is 0 Å². The van der Waals surface area contributed by atoms with E-state index in [4.69, 9.17) is 5.73 Å². The van der Waals surface area contributed by atoms with Crippen molar-refractivity contribution in [1.29, 1.82) is 0 Å². The summed E-state index contributed by atoms with van der Waals surface area (Å²) in [6.45, 7) is 3.53. The quantitative estimate of drug-likeness (QED) is 0.836. The minimum atomic E-state index is 0.184.